The minimum Gasteiger partial charge on any atom is -0.367 e. The van der Waals surface area contributed by atoms with E-state index in [1.54, 1.807) is 19.1 Å². The van der Waals surface area contributed by atoms with Gasteiger partial charge in [-0.15, -0.1) is 0 Å². The quantitative estimate of drug-likeness (QED) is 0.866. The van der Waals surface area contributed by atoms with E-state index in [0.717, 1.165) is 0 Å². The van der Waals surface area contributed by atoms with Crippen LogP contribution >= 0.6 is 0 Å². The monoisotopic (exact) mass is 308 g/mol. The summed E-state index contributed by atoms with van der Waals surface area (Å²) in [6.07, 6.45) is 0. The van der Waals surface area contributed by atoms with Crippen molar-refractivity contribution in [2.24, 2.45) is 0 Å². The van der Waals surface area contributed by atoms with E-state index in [2.05, 4.69) is 10.6 Å². The van der Waals surface area contributed by atoms with Crippen molar-refractivity contribution < 1.29 is 14.0 Å². The second kappa shape index (κ2) is 7.22. The number of halogens is 1. The highest BCUT2D eigenvalue weighted by Gasteiger charge is 2.27. The van der Waals surface area contributed by atoms with Gasteiger partial charge in [0.25, 0.3) is 0 Å². The lowest BCUT2D eigenvalue weighted by molar-refractivity contribution is -0.124. The Bertz CT molecular complexity index is 544. The smallest absolute Gasteiger partial charge is 0.321 e. The van der Waals surface area contributed by atoms with Crippen LogP contribution in [0.1, 0.15) is 6.92 Å². The van der Waals surface area contributed by atoms with E-state index in [4.69, 9.17) is 0 Å². The molecule has 2 rings (SSSR count). The first-order valence-electron chi connectivity index (χ1n) is 7.29. The summed E-state index contributed by atoms with van der Waals surface area (Å²) >= 11 is 0. The molecule has 1 aromatic rings. The molecule has 1 atom stereocenters. The highest BCUT2D eigenvalue weighted by atomic mass is 19.1. The predicted octanol–water partition coefficient (Wildman–Crippen LogP) is 0.792. The molecule has 6 nitrogen and oxygen atoms in total. The van der Waals surface area contributed by atoms with Crippen molar-refractivity contribution in [3.8, 4) is 0 Å². The summed E-state index contributed by atoms with van der Waals surface area (Å²) in [6, 6.07) is 5.76. The van der Waals surface area contributed by atoms with Gasteiger partial charge in [0.1, 0.15) is 5.82 Å². The van der Waals surface area contributed by atoms with Crippen LogP contribution in [0.5, 0.6) is 0 Å². The van der Waals surface area contributed by atoms with E-state index < -0.39 is 12.1 Å². The third-order valence-electron chi connectivity index (χ3n) is 3.90. The number of anilines is 1. The van der Waals surface area contributed by atoms with Crippen molar-refractivity contribution in [3.63, 3.8) is 0 Å². The molecule has 1 aromatic carbocycles. The molecule has 3 amide bonds. The first-order chi connectivity index (χ1) is 10.5. The largest absolute Gasteiger partial charge is 0.367 e. The standard InChI is InChI=1S/C15H21FN4O2/c1-11(14(21)18-15(22)17-2)19-7-9-20(10-8-19)13-6-4-3-5-12(13)16/h3-6,11H,7-10H2,1-2H3,(H2,17,18,21,22)/t11-/m0/s1. The second-order valence-electron chi connectivity index (χ2n) is 5.22. The molecular weight excluding hydrogens is 287 g/mol. The molecule has 1 aliphatic rings. The molecule has 0 aliphatic carbocycles. The Labute approximate surface area is 129 Å². The van der Waals surface area contributed by atoms with E-state index in [9.17, 15) is 14.0 Å². The number of imide groups is 1. The molecule has 0 bridgehead atoms. The molecule has 0 spiro atoms. The lowest BCUT2D eigenvalue weighted by Gasteiger charge is -2.38. The minimum absolute atomic E-state index is 0.235. The third kappa shape index (κ3) is 3.73. The van der Waals surface area contributed by atoms with Crippen molar-refractivity contribution >= 4 is 17.6 Å². The number of urea groups is 1. The number of carbonyl (C=O) groups is 2. The molecule has 0 aromatic heterocycles. The van der Waals surface area contributed by atoms with Crippen LogP contribution in [0.2, 0.25) is 0 Å². The first-order valence-corrected chi connectivity index (χ1v) is 7.29. The number of hydrogen-bond donors (Lipinski definition) is 2. The van der Waals surface area contributed by atoms with Crippen LogP contribution in [0, 0.1) is 5.82 Å². The Morgan fingerprint density at radius 1 is 1.18 bits per heavy atom. The molecule has 1 fully saturated rings. The molecule has 1 saturated heterocycles. The summed E-state index contributed by atoms with van der Waals surface area (Å²) in [5.41, 5.74) is 0.588. The van der Waals surface area contributed by atoms with Crippen LogP contribution in [0.3, 0.4) is 0 Å². The molecule has 0 radical (unpaired) electrons. The molecule has 0 unspecified atom stereocenters. The van der Waals surface area contributed by atoms with Gasteiger partial charge >= 0.3 is 6.03 Å². The Balaban J connectivity index is 1.90. The van der Waals surface area contributed by atoms with Gasteiger partial charge in [0.15, 0.2) is 0 Å². The zero-order valence-electron chi connectivity index (χ0n) is 12.8. The van der Waals surface area contributed by atoms with E-state index in [1.165, 1.54) is 13.1 Å². The van der Waals surface area contributed by atoms with Gasteiger partial charge in [0, 0.05) is 33.2 Å². The molecule has 7 heteroatoms. The Kier molecular flexibility index (Phi) is 5.32. The molecular formula is C15H21FN4O2. The van der Waals surface area contributed by atoms with Gasteiger partial charge in [0.05, 0.1) is 11.7 Å². The average molecular weight is 308 g/mol. The van der Waals surface area contributed by atoms with Gasteiger partial charge in [-0.05, 0) is 19.1 Å². The van der Waals surface area contributed by atoms with Crippen LogP contribution in [0.15, 0.2) is 24.3 Å². The van der Waals surface area contributed by atoms with Crippen LogP contribution in [0.25, 0.3) is 0 Å². The second-order valence-corrected chi connectivity index (χ2v) is 5.22. The van der Waals surface area contributed by atoms with Crippen LogP contribution in [-0.2, 0) is 4.79 Å². The van der Waals surface area contributed by atoms with Crippen LogP contribution in [0.4, 0.5) is 14.9 Å². The van der Waals surface area contributed by atoms with E-state index >= 15 is 0 Å². The summed E-state index contributed by atoms with van der Waals surface area (Å²) < 4.78 is 13.8. The lowest BCUT2D eigenvalue weighted by Crippen LogP contribution is -2.55. The number of piperazine rings is 1. The number of nitrogens with one attached hydrogen (secondary N) is 2. The topological polar surface area (TPSA) is 64.7 Å². The van der Waals surface area contributed by atoms with Crippen molar-refractivity contribution in [3.05, 3.63) is 30.1 Å². The van der Waals surface area contributed by atoms with Crippen LogP contribution in [-0.4, -0.2) is 56.1 Å². The fraction of sp³-hybridized carbons (Fsp3) is 0.467. The molecule has 1 heterocycles. The Hall–Kier alpha value is -2.15. The maximum absolute atomic E-state index is 13.8. The predicted molar refractivity (Wildman–Crippen MR) is 82.2 cm³/mol. The Morgan fingerprint density at radius 3 is 2.41 bits per heavy atom. The van der Waals surface area contributed by atoms with E-state index in [1.807, 2.05) is 15.9 Å². The van der Waals surface area contributed by atoms with E-state index in [-0.39, 0.29) is 11.7 Å². The number of benzene rings is 1. The van der Waals surface area contributed by atoms with Crippen molar-refractivity contribution in [1.82, 2.24) is 15.5 Å². The minimum atomic E-state index is -0.512. The van der Waals surface area contributed by atoms with Crippen molar-refractivity contribution in [1.29, 1.82) is 0 Å². The SMILES string of the molecule is CNC(=O)NC(=O)[C@H](C)N1CCN(c2ccccc2F)CC1. The maximum Gasteiger partial charge on any atom is 0.321 e. The summed E-state index contributed by atoms with van der Waals surface area (Å²) in [5, 5.41) is 4.62. The lowest BCUT2D eigenvalue weighted by atomic mass is 10.2. The first kappa shape index (κ1) is 16.2. The van der Waals surface area contributed by atoms with Crippen LogP contribution < -0.4 is 15.5 Å². The summed E-state index contributed by atoms with van der Waals surface area (Å²) in [7, 11) is 1.46. The number of rotatable bonds is 3. The fourth-order valence-corrected chi connectivity index (χ4v) is 2.50. The number of nitrogens with zero attached hydrogens (tertiary/aromatic N) is 2. The molecule has 0 saturated carbocycles. The summed E-state index contributed by atoms with van der Waals surface area (Å²) in [5.74, 6) is -0.569. The van der Waals surface area contributed by atoms with Crippen molar-refractivity contribution in [2.75, 3.05) is 38.1 Å². The molecule has 120 valence electrons. The Morgan fingerprint density at radius 2 is 1.82 bits per heavy atom. The maximum atomic E-state index is 13.8. The number of carbonyl (C=O) groups excluding carboxylic acids is 2. The van der Waals surface area contributed by atoms with Crippen molar-refractivity contribution in [2.45, 2.75) is 13.0 Å². The zero-order chi connectivity index (χ0) is 16.1. The summed E-state index contributed by atoms with van der Waals surface area (Å²) in [6.45, 7) is 4.31. The van der Waals surface area contributed by atoms with Gasteiger partial charge in [-0.3, -0.25) is 15.0 Å². The summed E-state index contributed by atoms with van der Waals surface area (Å²) in [4.78, 5) is 27.1. The van der Waals surface area contributed by atoms with Gasteiger partial charge in [-0.25, -0.2) is 9.18 Å². The number of hydrogen-bond acceptors (Lipinski definition) is 4. The molecule has 2 N–H and O–H groups in total. The highest BCUT2D eigenvalue weighted by molar-refractivity contribution is 5.96. The third-order valence-corrected chi connectivity index (χ3v) is 3.90. The normalized spacial score (nSPS) is 17.0. The van der Waals surface area contributed by atoms with Gasteiger partial charge in [-0.2, -0.15) is 0 Å². The number of para-hydroxylation sites is 1. The average Bonchev–Trinajstić information content (AvgIpc) is 2.54. The highest BCUT2D eigenvalue weighted by Crippen LogP contribution is 2.20. The van der Waals surface area contributed by atoms with E-state index in [0.29, 0.717) is 31.9 Å². The van der Waals surface area contributed by atoms with Gasteiger partial charge < -0.3 is 10.2 Å². The molecule has 22 heavy (non-hydrogen) atoms. The van der Waals surface area contributed by atoms with Gasteiger partial charge in [0.2, 0.25) is 5.91 Å². The number of amides is 3. The zero-order valence-corrected chi connectivity index (χ0v) is 12.8. The fourth-order valence-electron chi connectivity index (χ4n) is 2.50. The molecule has 1 aliphatic heterocycles. The van der Waals surface area contributed by atoms with Gasteiger partial charge in [-0.1, -0.05) is 12.1 Å².